The molecule has 0 saturated carbocycles. The van der Waals surface area contributed by atoms with Crippen LogP contribution in [0.2, 0.25) is 0 Å². The summed E-state index contributed by atoms with van der Waals surface area (Å²) in [5.41, 5.74) is 0. The van der Waals surface area contributed by atoms with Crippen molar-refractivity contribution in [2.75, 3.05) is 5.75 Å². The van der Waals surface area contributed by atoms with Crippen molar-refractivity contribution in [2.45, 2.75) is 46.5 Å². The predicted octanol–water partition coefficient (Wildman–Crippen LogP) is 3.77. The molecule has 11 heavy (non-hydrogen) atoms. The lowest BCUT2D eigenvalue weighted by Crippen LogP contribution is -2.11. The maximum absolute atomic E-state index is 4.29. The Morgan fingerprint density at radius 2 is 1.82 bits per heavy atom. The Kier molecular flexibility index (Phi) is 7.25. The van der Waals surface area contributed by atoms with Gasteiger partial charge in [0.2, 0.25) is 0 Å². The first-order valence-corrected chi connectivity index (χ1v) is 5.50. The van der Waals surface area contributed by atoms with Crippen LogP contribution in [0.4, 0.5) is 0 Å². The number of thiol groups is 1. The van der Waals surface area contributed by atoms with Gasteiger partial charge in [-0.3, -0.25) is 0 Å². The van der Waals surface area contributed by atoms with Crippen LogP contribution < -0.4 is 0 Å². The molecule has 2 unspecified atom stereocenters. The highest BCUT2D eigenvalue weighted by molar-refractivity contribution is 7.80. The molecular formula is C10H22S. The summed E-state index contributed by atoms with van der Waals surface area (Å²) < 4.78 is 0. The first-order valence-electron chi connectivity index (χ1n) is 4.87. The summed E-state index contributed by atoms with van der Waals surface area (Å²) in [6, 6.07) is 0. The third-order valence-electron chi connectivity index (χ3n) is 2.61. The Morgan fingerprint density at radius 3 is 2.18 bits per heavy atom. The zero-order valence-corrected chi connectivity index (χ0v) is 9.03. The van der Waals surface area contributed by atoms with Gasteiger partial charge < -0.3 is 0 Å². The molecule has 1 heteroatoms. The van der Waals surface area contributed by atoms with E-state index in [0.29, 0.717) is 0 Å². The molecule has 0 nitrogen and oxygen atoms in total. The van der Waals surface area contributed by atoms with Crippen LogP contribution in [-0.4, -0.2) is 5.75 Å². The van der Waals surface area contributed by atoms with Crippen molar-refractivity contribution in [3.05, 3.63) is 0 Å². The van der Waals surface area contributed by atoms with Gasteiger partial charge in [-0.05, 0) is 24.0 Å². The van der Waals surface area contributed by atoms with Crippen molar-refractivity contribution < 1.29 is 0 Å². The molecule has 68 valence electrons. The second kappa shape index (κ2) is 7.02. The molecule has 0 spiro atoms. The smallest absolute Gasteiger partial charge is 0.00952 e. The quantitative estimate of drug-likeness (QED) is 0.582. The van der Waals surface area contributed by atoms with Gasteiger partial charge in [0.05, 0.1) is 0 Å². The van der Waals surface area contributed by atoms with Crippen LogP contribution in [0.25, 0.3) is 0 Å². The van der Waals surface area contributed by atoms with E-state index in [1.54, 1.807) is 0 Å². The van der Waals surface area contributed by atoms with Crippen LogP contribution in [0.3, 0.4) is 0 Å². The number of hydrogen-bond donors (Lipinski definition) is 1. The highest BCUT2D eigenvalue weighted by atomic mass is 32.1. The fourth-order valence-electron chi connectivity index (χ4n) is 1.58. The summed E-state index contributed by atoms with van der Waals surface area (Å²) in [6.07, 6.45) is 5.32. The van der Waals surface area contributed by atoms with E-state index in [1.165, 1.54) is 25.7 Å². The maximum atomic E-state index is 4.29. The number of hydrogen-bond acceptors (Lipinski definition) is 1. The molecule has 0 rings (SSSR count). The molecule has 0 radical (unpaired) electrons. The van der Waals surface area contributed by atoms with E-state index < -0.39 is 0 Å². The molecule has 0 amide bonds. The van der Waals surface area contributed by atoms with Gasteiger partial charge in [-0.25, -0.2) is 0 Å². The molecule has 0 fully saturated rings. The van der Waals surface area contributed by atoms with Crippen LogP contribution in [0.15, 0.2) is 0 Å². The fraction of sp³-hybridized carbons (Fsp3) is 1.00. The van der Waals surface area contributed by atoms with Crippen molar-refractivity contribution >= 4 is 12.6 Å². The molecule has 0 N–H and O–H groups in total. The largest absolute Gasteiger partial charge is 0.179 e. The predicted molar refractivity (Wildman–Crippen MR) is 56.3 cm³/mol. The summed E-state index contributed by atoms with van der Waals surface area (Å²) in [4.78, 5) is 0. The molecule has 0 aromatic rings. The van der Waals surface area contributed by atoms with E-state index in [9.17, 15) is 0 Å². The molecule has 0 aromatic heterocycles. The molecule has 0 aromatic carbocycles. The fourth-order valence-corrected chi connectivity index (χ4v) is 1.91. The molecule has 0 saturated heterocycles. The summed E-state index contributed by atoms with van der Waals surface area (Å²) in [6.45, 7) is 6.92. The Hall–Kier alpha value is 0.350. The van der Waals surface area contributed by atoms with Crippen molar-refractivity contribution in [1.82, 2.24) is 0 Å². The van der Waals surface area contributed by atoms with E-state index in [-0.39, 0.29) is 0 Å². The first kappa shape index (κ1) is 11.4. The van der Waals surface area contributed by atoms with Gasteiger partial charge >= 0.3 is 0 Å². The summed E-state index contributed by atoms with van der Waals surface area (Å²) in [5, 5.41) is 0. The van der Waals surface area contributed by atoms with Crippen LogP contribution in [0.5, 0.6) is 0 Å². The Balaban J connectivity index is 3.66. The third kappa shape index (κ3) is 4.73. The van der Waals surface area contributed by atoms with Crippen molar-refractivity contribution in [3.63, 3.8) is 0 Å². The van der Waals surface area contributed by atoms with Gasteiger partial charge in [0.25, 0.3) is 0 Å². The lowest BCUT2D eigenvalue weighted by Gasteiger charge is -2.21. The topological polar surface area (TPSA) is 0 Å². The van der Waals surface area contributed by atoms with E-state index in [1.807, 2.05) is 0 Å². The van der Waals surface area contributed by atoms with Gasteiger partial charge in [-0.2, -0.15) is 12.6 Å². The highest BCUT2D eigenvalue weighted by Gasteiger charge is 2.13. The van der Waals surface area contributed by atoms with Gasteiger partial charge in [0.1, 0.15) is 0 Å². The Bertz CT molecular complexity index is 74.9. The first-order chi connectivity index (χ1) is 5.26. The van der Waals surface area contributed by atoms with E-state index in [2.05, 4.69) is 33.4 Å². The lowest BCUT2D eigenvalue weighted by molar-refractivity contribution is 0.317. The zero-order valence-electron chi connectivity index (χ0n) is 8.14. The van der Waals surface area contributed by atoms with Crippen LogP contribution in [-0.2, 0) is 0 Å². The van der Waals surface area contributed by atoms with Gasteiger partial charge in [0.15, 0.2) is 0 Å². The molecule has 0 aliphatic rings. The lowest BCUT2D eigenvalue weighted by atomic mass is 9.86. The minimum Gasteiger partial charge on any atom is -0.179 e. The summed E-state index contributed by atoms with van der Waals surface area (Å²) in [7, 11) is 0. The minimum atomic E-state index is 0.891. The molecule has 0 heterocycles. The second-order valence-corrected chi connectivity index (χ2v) is 3.89. The van der Waals surface area contributed by atoms with Gasteiger partial charge in [-0.1, -0.05) is 40.0 Å². The summed E-state index contributed by atoms with van der Waals surface area (Å²) in [5.74, 6) is 2.86. The van der Waals surface area contributed by atoms with Crippen molar-refractivity contribution in [2.24, 2.45) is 11.8 Å². The van der Waals surface area contributed by atoms with Crippen LogP contribution >= 0.6 is 12.6 Å². The van der Waals surface area contributed by atoms with E-state index >= 15 is 0 Å². The third-order valence-corrected chi connectivity index (χ3v) is 2.87. The monoisotopic (exact) mass is 174 g/mol. The SMILES string of the molecule is CCCC(CCS)C(C)CC. The maximum Gasteiger partial charge on any atom is -0.00952 e. The highest BCUT2D eigenvalue weighted by Crippen LogP contribution is 2.23. The number of rotatable bonds is 6. The van der Waals surface area contributed by atoms with Gasteiger partial charge in [0, 0.05) is 0 Å². The Labute approximate surface area is 77.2 Å². The average molecular weight is 174 g/mol. The molecular weight excluding hydrogens is 152 g/mol. The van der Waals surface area contributed by atoms with Gasteiger partial charge in [-0.15, -0.1) is 0 Å². The van der Waals surface area contributed by atoms with Crippen LogP contribution in [0.1, 0.15) is 46.5 Å². The van der Waals surface area contributed by atoms with E-state index in [4.69, 9.17) is 0 Å². The van der Waals surface area contributed by atoms with E-state index in [0.717, 1.165) is 17.6 Å². The molecule has 0 aliphatic heterocycles. The average Bonchev–Trinajstić information content (AvgIpc) is 2.03. The minimum absolute atomic E-state index is 0.891. The standard InChI is InChI=1S/C10H22S/c1-4-6-10(7-8-11)9(3)5-2/h9-11H,4-8H2,1-3H3. The summed E-state index contributed by atoms with van der Waals surface area (Å²) >= 11 is 4.29. The van der Waals surface area contributed by atoms with Crippen LogP contribution in [0, 0.1) is 11.8 Å². The molecule has 0 bridgehead atoms. The zero-order chi connectivity index (χ0) is 8.69. The Morgan fingerprint density at radius 1 is 1.18 bits per heavy atom. The molecule has 2 atom stereocenters. The second-order valence-electron chi connectivity index (χ2n) is 3.45. The van der Waals surface area contributed by atoms with Crippen molar-refractivity contribution in [3.8, 4) is 0 Å². The van der Waals surface area contributed by atoms with Crippen molar-refractivity contribution in [1.29, 1.82) is 0 Å². The molecule has 0 aliphatic carbocycles. The normalized spacial score (nSPS) is 16.4.